The standard InChI is InChI=1S/C15H13ClN2OS/c1-9-6-11(8-17-14(9)16)18-15(19)13-7-10-4-2-3-5-12(10)20-13/h2-6,8,13H,7H2,1H3,(H,18,19). The van der Waals surface area contributed by atoms with E-state index in [2.05, 4.69) is 22.4 Å². The molecular weight excluding hydrogens is 292 g/mol. The van der Waals surface area contributed by atoms with Gasteiger partial charge in [0.25, 0.3) is 0 Å². The second-order valence-electron chi connectivity index (χ2n) is 4.74. The summed E-state index contributed by atoms with van der Waals surface area (Å²) in [6, 6.07) is 9.97. The van der Waals surface area contributed by atoms with Crippen LogP contribution in [0.4, 0.5) is 5.69 Å². The van der Waals surface area contributed by atoms with Gasteiger partial charge >= 0.3 is 0 Å². The predicted octanol–water partition coefficient (Wildman–Crippen LogP) is 3.70. The molecule has 20 heavy (non-hydrogen) atoms. The van der Waals surface area contributed by atoms with Gasteiger partial charge in [-0.25, -0.2) is 4.98 Å². The summed E-state index contributed by atoms with van der Waals surface area (Å²) in [5.74, 6) is 0.00900. The van der Waals surface area contributed by atoms with Crippen LogP contribution in [-0.2, 0) is 11.2 Å². The van der Waals surface area contributed by atoms with Crippen molar-refractivity contribution in [1.82, 2.24) is 4.98 Å². The van der Waals surface area contributed by atoms with Crippen LogP contribution in [0.1, 0.15) is 11.1 Å². The molecule has 3 rings (SSSR count). The number of fused-ring (bicyclic) bond motifs is 1. The van der Waals surface area contributed by atoms with Crippen molar-refractivity contribution in [2.75, 3.05) is 5.32 Å². The highest BCUT2D eigenvalue weighted by Crippen LogP contribution is 2.37. The van der Waals surface area contributed by atoms with Crippen molar-refractivity contribution < 1.29 is 4.79 Å². The molecule has 0 saturated carbocycles. The Morgan fingerprint density at radius 3 is 3.00 bits per heavy atom. The fraction of sp³-hybridized carbons (Fsp3) is 0.200. The molecule has 1 aromatic carbocycles. The number of halogens is 1. The molecule has 0 radical (unpaired) electrons. The highest BCUT2D eigenvalue weighted by atomic mass is 35.5. The third-order valence-corrected chi connectivity index (χ3v) is 4.93. The highest BCUT2D eigenvalue weighted by Gasteiger charge is 2.28. The molecule has 1 unspecified atom stereocenters. The number of rotatable bonds is 2. The van der Waals surface area contributed by atoms with Gasteiger partial charge in [-0.15, -0.1) is 11.8 Å². The Labute approximate surface area is 126 Å². The van der Waals surface area contributed by atoms with Crippen LogP contribution in [0.15, 0.2) is 41.4 Å². The van der Waals surface area contributed by atoms with Crippen molar-refractivity contribution in [3.05, 3.63) is 52.8 Å². The molecule has 0 spiro atoms. The average Bonchev–Trinajstić information content (AvgIpc) is 2.87. The van der Waals surface area contributed by atoms with Crippen molar-refractivity contribution in [3.63, 3.8) is 0 Å². The van der Waals surface area contributed by atoms with Crippen molar-refractivity contribution in [3.8, 4) is 0 Å². The normalized spacial score (nSPS) is 16.8. The van der Waals surface area contributed by atoms with Gasteiger partial charge in [-0.3, -0.25) is 4.79 Å². The van der Waals surface area contributed by atoms with Crippen LogP contribution in [-0.4, -0.2) is 16.1 Å². The number of thioether (sulfide) groups is 1. The molecule has 1 aromatic heterocycles. The Kier molecular flexibility index (Phi) is 3.68. The number of benzene rings is 1. The van der Waals surface area contributed by atoms with Crippen LogP contribution < -0.4 is 5.32 Å². The molecule has 0 saturated heterocycles. The third-order valence-electron chi connectivity index (χ3n) is 3.22. The quantitative estimate of drug-likeness (QED) is 0.860. The molecule has 1 aliphatic heterocycles. The number of aryl methyl sites for hydroxylation is 1. The van der Waals surface area contributed by atoms with E-state index in [1.54, 1.807) is 18.0 Å². The molecular formula is C15H13ClN2OS. The summed E-state index contributed by atoms with van der Waals surface area (Å²) < 4.78 is 0. The van der Waals surface area contributed by atoms with Crippen molar-refractivity contribution >= 4 is 35.0 Å². The molecule has 2 aromatic rings. The summed E-state index contributed by atoms with van der Waals surface area (Å²) in [5.41, 5.74) is 2.78. The summed E-state index contributed by atoms with van der Waals surface area (Å²) in [6.45, 7) is 1.87. The van der Waals surface area contributed by atoms with Crippen LogP contribution in [0.3, 0.4) is 0 Å². The second kappa shape index (κ2) is 5.46. The van der Waals surface area contributed by atoms with E-state index in [0.29, 0.717) is 10.8 Å². The van der Waals surface area contributed by atoms with Crippen LogP contribution in [0.5, 0.6) is 0 Å². The number of hydrogen-bond acceptors (Lipinski definition) is 3. The minimum atomic E-state index is -0.0802. The van der Waals surface area contributed by atoms with Gasteiger partial charge in [-0.05, 0) is 36.6 Å². The monoisotopic (exact) mass is 304 g/mol. The lowest BCUT2D eigenvalue weighted by atomic mass is 10.1. The molecule has 2 heterocycles. The number of nitrogens with one attached hydrogen (secondary N) is 1. The molecule has 1 atom stereocenters. The predicted molar refractivity (Wildman–Crippen MR) is 82.4 cm³/mol. The zero-order chi connectivity index (χ0) is 14.1. The number of amides is 1. The van der Waals surface area contributed by atoms with Crippen LogP contribution in [0.2, 0.25) is 5.15 Å². The van der Waals surface area contributed by atoms with E-state index in [0.717, 1.165) is 12.0 Å². The summed E-state index contributed by atoms with van der Waals surface area (Å²) in [6.07, 6.45) is 2.35. The molecule has 0 fully saturated rings. The number of nitrogens with zero attached hydrogens (tertiary/aromatic N) is 1. The zero-order valence-electron chi connectivity index (χ0n) is 10.9. The van der Waals surface area contributed by atoms with Crippen LogP contribution in [0, 0.1) is 6.92 Å². The smallest absolute Gasteiger partial charge is 0.238 e. The van der Waals surface area contributed by atoms with Crippen LogP contribution in [0.25, 0.3) is 0 Å². The van der Waals surface area contributed by atoms with Crippen molar-refractivity contribution in [2.45, 2.75) is 23.5 Å². The summed E-state index contributed by atoms with van der Waals surface area (Å²) in [5, 5.41) is 3.29. The van der Waals surface area contributed by atoms with E-state index in [4.69, 9.17) is 11.6 Å². The second-order valence-corrected chi connectivity index (χ2v) is 6.34. The summed E-state index contributed by atoms with van der Waals surface area (Å²) >= 11 is 7.49. The lowest BCUT2D eigenvalue weighted by Crippen LogP contribution is -2.24. The fourth-order valence-electron chi connectivity index (χ4n) is 2.18. The van der Waals surface area contributed by atoms with E-state index >= 15 is 0 Å². The maximum absolute atomic E-state index is 12.3. The first kappa shape index (κ1) is 13.5. The average molecular weight is 305 g/mol. The maximum Gasteiger partial charge on any atom is 0.238 e. The minimum Gasteiger partial charge on any atom is -0.324 e. The maximum atomic E-state index is 12.3. The van der Waals surface area contributed by atoms with Gasteiger partial charge in [0.05, 0.1) is 17.1 Å². The van der Waals surface area contributed by atoms with Gasteiger partial charge < -0.3 is 5.32 Å². The zero-order valence-corrected chi connectivity index (χ0v) is 12.5. The van der Waals surface area contributed by atoms with E-state index in [1.165, 1.54) is 10.5 Å². The van der Waals surface area contributed by atoms with Crippen molar-refractivity contribution in [1.29, 1.82) is 0 Å². The first-order valence-corrected chi connectivity index (χ1v) is 7.57. The molecule has 5 heteroatoms. The summed E-state index contributed by atoms with van der Waals surface area (Å²) in [7, 11) is 0. The van der Waals surface area contributed by atoms with Gasteiger partial charge in [-0.2, -0.15) is 0 Å². The SMILES string of the molecule is Cc1cc(NC(=O)C2Cc3ccccc3S2)cnc1Cl. The number of pyridine rings is 1. The van der Waals surface area contributed by atoms with Gasteiger partial charge in [0, 0.05) is 4.90 Å². The van der Waals surface area contributed by atoms with Crippen LogP contribution >= 0.6 is 23.4 Å². The minimum absolute atomic E-state index is 0.00900. The lowest BCUT2D eigenvalue weighted by molar-refractivity contribution is -0.115. The highest BCUT2D eigenvalue weighted by molar-refractivity contribution is 8.01. The van der Waals surface area contributed by atoms with E-state index in [-0.39, 0.29) is 11.2 Å². The van der Waals surface area contributed by atoms with E-state index < -0.39 is 0 Å². The molecule has 1 N–H and O–H groups in total. The van der Waals surface area contributed by atoms with E-state index in [9.17, 15) is 4.79 Å². The molecule has 3 nitrogen and oxygen atoms in total. The van der Waals surface area contributed by atoms with Gasteiger partial charge in [-0.1, -0.05) is 29.8 Å². The number of carbonyl (C=O) groups is 1. The van der Waals surface area contributed by atoms with Gasteiger partial charge in [0.15, 0.2) is 0 Å². The number of hydrogen-bond donors (Lipinski definition) is 1. The van der Waals surface area contributed by atoms with Crippen molar-refractivity contribution in [2.24, 2.45) is 0 Å². The topological polar surface area (TPSA) is 42.0 Å². The molecule has 102 valence electrons. The molecule has 0 bridgehead atoms. The Morgan fingerprint density at radius 2 is 2.25 bits per heavy atom. The number of anilines is 1. The Bertz CT molecular complexity index is 650. The fourth-order valence-corrected chi connectivity index (χ4v) is 3.48. The largest absolute Gasteiger partial charge is 0.324 e. The van der Waals surface area contributed by atoms with E-state index in [1.807, 2.05) is 25.1 Å². The first-order valence-electron chi connectivity index (χ1n) is 6.31. The summed E-state index contributed by atoms with van der Waals surface area (Å²) in [4.78, 5) is 17.5. The first-order chi connectivity index (χ1) is 9.63. The molecule has 1 amide bonds. The Hall–Kier alpha value is -1.52. The Morgan fingerprint density at radius 1 is 1.45 bits per heavy atom. The molecule has 0 aliphatic carbocycles. The third kappa shape index (κ3) is 2.67. The Balaban J connectivity index is 1.71. The number of aromatic nitrogens is 1. The number of carbonyl (C=O) groups excluding carboxylic acids is 1. The lowest BCUT2D eigenvalue weighted by Gasteiger charge is -2.10. The van der Waals surface area contributed by atoms with Gasteiger partial charge in [0.1, 0.15) is 5.15 Å². The van der Waals surface area contributed by atoms with Gasteiger partial charge in [0.2, 0.25) is 5.91 Å². The molecule has 1 aliphatic rings.